The number of carbonyl (C=O) groups excluding carboxylic acids is 1. The molecule has 0 saturated carbocycles. The van der Waals surface area contributed by atoms with Gasteiger partial charge in [-0.05, 0) is 253 Å². The summed E-state index contributed by atoms with van der Waals surface area (Å²) >= 11 is 16.5. The quantitative estimate of drug-likeness (QED) is 0.0618. The van der Waals surface area contributed by atoms with Crippen molar-refractivity contribution in [2.75, 3.05) is 0 Å². The van der Waals surface area contributed by atoms with Crippen LogP contribution in [-0.4, -0.2) is 34.2 Å². The molecule has 47 heavy (non-hydrogen) atoms. The number of nitrogens with two attached hydrogens (primary N) is 2. The normalized spacial score (nSPS) is 15.0. The number of hydrogen-bond acceptors (Lipinski definition) is 8. The van der Waals surface area contributed by atoms with Gasteiger partial charge in [-0.2, -0.15) is 0 Å². The summed E-state index contributed by atoms with van der Waals surface area (Å²) < 4.78 is 54.6. The third-order valence-corrected chi connectivity index (χ3v) is 12.4. The summed E-state index contributed by atoms with van der Waals surface area (Å²) in [5.74, 6) is 0.203. The molecule has 0 saturated heterocycles. The lowest BCUT2D eigenvalue weighted by atomic mass is 10.1. The van der Waals surface area contributed by atoms with Crippen molar-refractivity contribution >= 4 is 193 Å². The molecule has 0 amide bonds. The fourth-order valence-electron chi connectivity index (χ4n) is 3.85. The molecule has 0 aromatic heterocycles. The molecule has 9 nitrogen and oxygen atoms in total. The van der Waals surface area contributed by atoms with Gasteiger partial charge in [0.2, 0.25) is 0 Å². The molecule has 17 heteroatoms. The van der Waals surface area contributed by atoms with Crippen molar-refractivity contribution in [3.8, 4) is 34.5 Å². The largest absolute Gasteiger partial charge is 0.506 e. The van der Waals surface area contributed by atoms with Gasteiger partial charge in [-0.25, -0.2) is 4.79 Å². The highest BCUT2D eigenvalue weighted by molar-refractivity contribution is 14.1. The van der Waals surface area contributed by atoms with Gasteiger partial charge in [0.15, 0.2) is 17.2 Å². The van der Waals surface area contributed by atoms with Crippen LogP contribution in [-0.2, 0) is 22.4 Å². The highest BCUT2D eigenvalue weighted by atomic mass is 127. The number of carboxylic acid groups (broad SMARTS) is 1. The van der Waals surface area contributed by atoms with Crippen LogP contribution in [0.15, 0.2) is 48.5 Å². The Bertz CT molecular complexity index is 1940. The number of carboxylic acids is 1. The molecule has 3 atom stereocenters. The lowest BCUT2D eigenvalue weighted by molar-refractivity contribution is -0.138. The van der Waals surface area contributed by atoms with Gasteiger partial charge in [0.1, 0.15) is 32.1 Å². The Morgan fingerprint density at radius 3 is 1.55 bits per heavy atom. The number of ether oxygens (including phenoxy) is 3. The van der Waals surface area contributed by atoms with Crippen LogP contribution in [0.3, 0.4) is 0 Å². The first-order valence-electron chi connectivity index (χ1n) is 14.6. The lowest BCUT2D eigenvalue weighted by Crippen LogP contribution is -2.36. The maximum absolute atomic E-state index is 13.2. The molecule has 0 heterocycles. The summed E-state index contributed by atoms with van der Waals surface area (Å²) in [5.41, 5.74) is 6.98. The van der Waals surface area contributed by atoms with E-state index in [0.717, 1.165) is 12.7 Å². The molecule has 0 fully saturated rings. The van der Waals surface area contributed by atoms with Crippen LogP contribution in [0.2, 0.25) is 2.82 Å². The monoisotopic (exact) mass is 1540 g/mol. The molecular weight excluding hydrogens is 1520 g/mol. The van der Waals surface area contributed by atoms with Crippen LogP contribution in [0, 0.1) is 28.6 Å². The van der Waals surface area contributed by atoms with Gasteiger partial charge in [0.25, 0.3) is 0 Å². The molecule has 248 valence electrons. The summed E-state index contributed by atoms with van der Waals surface area (Å²) in [6.45, 7) is 0. The van der Waals surface area contributed by atoms with Gasteiger partial charge < -0.3 is 35.9 Å². The highest BCUT2D eigenvalue weighted by Crippen LogP contribution is 2.39. The SMILES string of the molecule is [3H]C(c1cc(I)c(Oc2cc(I)c(OC(=O)[C@@H](N)Cc3cc(I)c(Oc4cc(I)c(O)c(I)c4)c(I)c3)c(I)c2)c(I)c1)[C@@]([3H])(C(=O)O)N([3H])[3H]. The molecule has 0 aliphatic carbocycles. The standard InChI is InChI=1S/C30H20I8N2O7/c31-15-7-13(8-16(32)25(15)41)45-26-19(35)3-12(4-20(26)36)6-24(40)30(44)47-28-21(37)9-14(10-22(28)38)46-27-17(33)1-11(2-18(27)34)5-23(39)29(42)43/h1-4,7-10,23-24,41H,5-6,39-40H2,(H,42,43)/t23-,24-/m0/s1/i5T,23T/hT2/t5?,23-,24-. The van der Waals surface area contributed by atoms with Crippen molar-refractivity contribution in [1.82, 2.24) is 0 Å². The van der Waals surface area contributed by atoms with Crippen LogP contribution in [0.4, 0.5) is 0 Å². The predicted octanol–water partition coefficient (Wildman–Crippen LogP) is 9.24. The fraction of sp³-hybridized carbons (Fsp3) is 0.133. The van der Waals surface area contributed by atoms with Crippen LogP contribution < -0.4 is 25.7 Å². The van der Waals surface area contributed by atoms with E-state index in [2.05, 4.69) is 45.2 Å². The zero-order chi connectivity index (χ0) is 38.1. The number of benzene rings is 4. The number of phenols is 1. The minimum atomic E-state index is -2.85. The zero-order valence-electron chi connectivity index (χ0n) is 27.0. The number of aromatic hydroxyl groups is 1. The van der Waals surface area contributed by atoms with E-state index in [0.29, 0.717) is 50.2 Å². The molecule has 6 N–H and O–H groups in total. The lowest BCUT2D eigenvalue weighted by Gasteiger charge is -2.17. The van der Waals surface area contributed by atoms with Crippen molar-refractivity contribution in [3.05, 3.63) is 88.2 Å². The second kappa shape index (κ2) is 18.1. The minimum Gasteiger partial charge on any atom is -0.506 e. The molecule has 0 radical (unpaired) electrons. The first-order chi connectivity index (χ1) is 23.7. The van der Waals surface area contributed by atoms with Gasteiger partial charge in [-0.1, -0.05) is 0 Å². The van der Waals surface area contributed by atoms with E-state index < -0.39 is 30.4 Å². The topological polar surface area (TPSA) is 154 Å². The third kappa shape index (κ3) is 11.0. The minimum absolute atomic E-state index is 0.133. The second-order valence-electron chi connectivity index (χ2n) is 9.42. The molecule has 4 rings (SSSR count). The smallest absolute Gasteiger partial charge is 0.328 e. The molecular formula is C30H20I8N2O7. The number of hydrogen-bond donors (Lipinski definition) is 4. The van der Waals surface area contributed by atoms with Gasteiger partial charge >= 0.3 is 11.9 Å². The van der Waals surface area contributed by atoms with Gasteiger partial charge in [0.05, 0.1) is 29.9 Å². The summed E-state index contributed by atoms with van der Waals surface area (Å²) in [7, 11) is 0. The summed E-state index contributed by atoms with van der Waals surface area (Å²) in [6, 6.07) is 9.83. The first kappa shape index (κ1) is 35.0. The maximum Gasteiger partial charge on any atom is 0.328 e. The zero-order valence-corrected chi connectivity index (χ0v) is 40.2. The molecule has 0 bridgehead atoms. The maximum atomic E-state index is 13.2. The van der Waals surface area contributed by atoms with Crippen LogP contribution in [0.5, 0.6) is 34.5 Å². The van der Waals surface area contributed by atoms with Crippen LogP contribution >= 0.6 is 181 Å². The molecule has 0 aliphatic rings. The highest BCUT2D eigenvalue weighted by Gasteiger charge is 2.23. The average Bonchev–Trinajstić information content (AvgIpc) is 3.03. The predicted molar refractivity (Wildman–Crippen MR) is 246 cm³/mol. The Morgan fingerprint density at radius 1 is 0.723 bits per heavy atom. The van der Waals surface area contributed by atoms with Crippen molar-refractivity contribution in [1.29, 1.82) is 0 Å². The summed E-state index contributed by atoms with van der Waals surface area (Å²) in [6.07, 6.45) is -1.54. The molecule has 4 aromatic carbocycles. The Hall–Kier alpha value is 0.980. The average molecular weight is 1540 g/mol. The molecule has 0 spiro atoms. The Kier molecular flexibility index (Phi) is 13.5. The number of aliphatic carboxylic acids is 1. The van der Waals surface area contributed by atoms with Crippen LogP contribution in [0.1, 0.15) is 13.9 Å². The number of carbonyl (C=O) groups is 2. The Morgan fingerprint density at radius 2 is 1.13 bits per heavy atom. The molecule has 0 aliphatic heterocycles. The van der Waals surface area contributed by atoms with E-state index in [1.807, 2.05) is 148 Å². The van der Waals surface area contributed by atoms with E-state index in [-0.39, 0.29) is 23.5 Å². The van der Waals surface area contributed by atoms with Crippen LogP contribution in [0.25, 0.3) is 0 Å². The molecule has 4 aromatic rings. The van der Waals surface area contributed by atoms with Gasteiger partial charge in [0, 0.05) is 1.37 Å². The fourth-order valence-corrected chi connectivity index (χ4v) is 11.6. The van der Waals surface area contributed by atoms with E-state index >= 15 is 0 Å². The Labute approximate surface area is 385 Å². The Balaban J connectivity index is 1.47. The van der Waals surface area contributed by atoms with Crippen molar-refractivity contribution in [2.45, 2.75) is 24.9 Å². The van der Waals surface area contributed by atoms with Crippen molar-refractivity contribution in [3.63, 3.8) is 0 Å². The van der Waals surface area contributed by atoms with E-state index in [1.54, 1.807) is 24.3 Å². The summed E-state index contributed by atoms with van der Waals surface area (Å²) in [5, 5.41) is 19.6. The number of rotatable bonds is 12. The third-order valence-electron chi connectivity index (χ3n) is 5.96. The van der Waals surface area contributed by atoms with Gasteiger partial charge in [-0.15, -0.1) is 0 Å². The molecule has 1 unspecified atom stereocenters. The van der Waals surface area contributed by atoms with E-state index in [1.165, 1.54) is 12.1 Å². The first-order valence-corrected chi connectivity index (χ1v) is 21.3. The number of esters is 1. The van der Waals surface area contributed by atoms with Crippen molar-refractivity contribution < 1.29 is 39.6 Å². The van der Waals surface area contributed by atoms with E-state index in [9.17, 15) is 19.8 Å². The van der Waals surface area contributed by atoms with Crippen molar-refractivity contribution in [2.24, 2.45) is 11.5 Å². The van der Waals surface area contributed by atoms with E-state index in [4.69, 9.17) is 25.5 Å². The summed E-state index contributed by atoms with van der Waals surface area (Å²) in [4.78, 5) is 24.8. The second-order valence-corrected chi connectivity index (χ2v) is 18.7. The van der Waals surface area contributed by atoms with Gasteiger partial charge in [-0.3, -0.25) is 4.79 Å². The number of halogens is 8. The number of phenolic OH excluding ortho intramolecular Hbond substituents is 1.